The van der Waals surface area contributed by atoms with Gasteiger partial charge in [0.05, 0.1) is 15.9 Å². The van der Waals surface area contributed by atoms with E-state index in [0.717, 1.165) is 43.7 Å². The maximum Gasteiger partial charge on any atom is 0.238 e. The topological polar surface area (TPSA) is 107 Å². The molecule has 1 aromatic carbocycles. The van der Waals surface area contributed by atoms with Crippen LogP contribution in [-0.4, -0.2) is 30.4 Å². The Balaban J connectivity index is 2.08. The zero-order valence-corrected chi connectivity index (χ0v) is 18.6. The highest BCUT2D eigenvalue weighted by Crippen LogP contribution is 2.21. The molecule has 0 saturated carbocycles. The Morgan fingerprint density at radius 2 is 2.00 bits per heavy atom. The monoisotopic (exact) mass is 422 g/mol. The molecule has 162 valence electrons. The summed E-state index contributed by atoms with van der Waals surface area (Å²) in [5.74, 6) is 1.35. The first-order chi connectivity index (χ1) is 13.8. The summed E-state index contributed by atoms with van der Waals surface area (Å²) in [5.41, 5.74) is 1.45. The van der Waals surface area contributed by atoms with E-state index in [9.17, 15) is 13.2 Å². The number of hydrogen-bond donors (Lipinski definition) is 2. The molecule has 0 aliphatic carbocycles. The Morgan fingerprint density at radius 3 is 2.62 bits per heavy atom. The van der Waals surface area contributed by atoms with Gasteiger partial charge in [-0.15, -0.1) is 0 Å². The molecule has 0 radical (unpaired) electrons. The van der Waals surface area contributed by atoms with Crippen molar-refractivity contribution in [3.63, 3.8) is 0 Å². The summed E-state index contributed by atoms with van der Waals surface area (Å²) in [5, 5.41) is 8.29. The smallest absolute Gasteiger partial charge is 0.238 e. The maximum absolute atomic E-state index is 12.3. The molecular weight excluding hydrogens is 388 g/mol. The van der Waals surface area contributed by atoms with Gasteiger partial charge < -0.3 is 9.88 Å². The third kappa shape index (κ3) is 6.54. The molecule has 29 heavy (non-hydrogen) atoms. The molecule has 1 amide bonds. The fraction of sp³-hybridized carbons (Fsp3) is 0.619. The van der Waals surface area contributed by atoms with Crippen LogP contribution in [0.15, 0.2) is 23.1 Å². The maximum atomic E-state index is 12.3. The van der Waals surface area contributed by atoms with Crippen molar-refractivity contribution in [2.75, 3.05) is 6.54 Å². The molecule has 1 unspecified atom stereocenters. The summed E-state index contributed by atoms with van der Waals surface area (Å²) in [6.45, 7) is 7.90. The van der Waals surface area contributed by atoms with Crippen LogP contribution in [0.1, 0.15) is 65.1 Å². The van der Waals surface area contributed by atoms with Crippen LogP contribution in [0.25, 0.3) is 11.0 Å². The van der Waals surface area contributed by atoms with Gasteiger partial charge in [0.25, 0.3) is 0 Å². The molecule has 1 aromatic heterocycles. The van der Waals surface area contributed by atoms with Gasteiger partial charge in [0.15, 0.2) is 0 Å². The summed E-state index contributed by atoms with van der Waals surface area (Å²) in [6.07, 6.45) is 6.36. The predicted octanol–water partition coefficient (Wildman–Crippen LogP) is 3.36. The van der Waals surface area contributed by atoms with E-state index in [0.29, 0.717) is 24.3 Å². The number of imidazole rings is 1. The van der Waals surface area contributed by atoms with Crippen molar-refractivity contribution in [1.82, 2.24) is 14.9 Å². The third-order valence-electron chi connectivity index (χ3n) is 5.28. The largest absolute Gasteiger partial charge is 0.356 e. The Kier molecular flexibility index (Phi) is 8.64. The standard InChI is InChI=1S/C21H34N4O3S/c1-4-7-8-16(6-3)15-23-21(26)12-11-20-24-18-14-17(29(22,27)28)9-10-19(18)25(20)13-5-2/h9-10,14,16H,4-8,11-13,15H2,1-3H3,(H,23,26)(H2,22,27,28). The molecule has 0 saturated heterocycles. The number of sulfonamides is 1. The summed E-state index contributed by atoms with van der Waals surface area (Å²) in [7, 11) is -3.77. The van der Waals surface area contributed by atoms with E-state index >= 15 is 0 Å². The number of carbonyl (C=O) groups is 1. The van der Waals surface area contributed by atoms with Gasteiger partial charge in [-0.25, -0.2) is 18.5 Å². The van der Waals surface area contributed by atoms with Gasteiger partial charge in [-0.3, -0.25) is 4.79 Å². The van der Waals surface area contributed by atoms with Crippen LogP contribution >= 0.6 is 0 Å². The number of nitrogens with zero attached hydrogens (tertiary/aromatic N) is 2. The van der Waals surface area contributed by atoms with Crippen molar-refractivity contribution < 1.29 is 13.2 Å². The Labute approximate surface area is 174 Å². The molecule has 0 spiro atoms. The van der Waals surface area contributed by atoms with Crippen molar-refractivity contribution in [2.45, 2.75) is 77.2 Å². The summed E-state index contributed by atoms with van der Waals surface area (Å²) in [6, 6.07) is 4.74. The van der Waals surface area contributed by atoms with E-state index in [-0.39, 0.29) is 10.8 Å². The highest BCUT2D eigenvalue weighted by molar-refractivity contribution is 7.89. The second kappa shape index (κ2) is 10.7. The minimum Gasteiger partial charge on any atom is -0.356 e. The molecule has 1 heterocycles. The number of aryl methyl sites for hydroxylation is 2. The first-order valence-corrected chi connectivity index (χ1v) is 12.1. The van der Waals surface area contributed by atoms with Gasteiger partial charge in [0.2, 0.25) is 15.9 Å². The lowest BCUT2D eigenvalue weighted by atomic mass is 9.99. The van der Waals surface area contributed by atoms with Gasteiger partial charge in [-0.05, 0) is 37.0 Å². The predicted molar refractivity (Wildman–Crippen MR) is 116 cm³/mol. The molecule has 0 aliphatic heterocycles. The lowest BCUT2D eigenvalue weighted by Gasteiger charge is -2.15. The van der Waals surface area contributed by atoms with Crippen molar-refractivity contribution in [3.8, 4) is 0 Å². The molecule has 3 N–H and O–H groups in total. The average molecular weight is 423 g/mol. The number of amides is 1. The summed E-state index contributed by atoms with van der Waals surface area (Å²) < 4.78 is 25.3. The fourth-order valence-electron chi connectivity index (χ4n) is 3.52. The second-order valence-corrected chi connectivity index (χ2v) is 9.16. The van der Waals surface area contributed by atoms with Crippen molar-refractivity contribution in [2.24, 2.45) is 11.1 Å². The van der Waals surface area contributed by atoms with Crippen LogP contribution in [0.2, 0.25) is 0 Å². The fourth-order valence-corrected chi connectivity index (χ4v) is 4.05. The third-order valence-corrected chi connectivity index (χ3v) is 6.19. The van der Waals surface area contributed by atoms with Gasteiger partial charge >= 0.3 is 0 Å². The molecule has 7 nitrogen and oxygen atoms in total. The van der Waals surface area contributed by atoms with Gasteiger partial charge in [0, 0.05) is 25.9 Å². The molecule has 1 atom stereocenters. The number of unbranched alkanes of at least 4 members (excludes halogenated alkanes) is 1. The molecule has 2 rings (SSSR count). The number of rotatable bonds is 12. The van der Waals surface area contributed by atoms with E-state index in [2.05, 4.69) is 35.6 Å². The number of hydrogen-bond acceptors (Lipinski definition) is 4. The van der Waals surface area contributed by atoms with E-state index < -0.39 is 10.0 Å². The van der Waals surface area contributed by atoms with E-state index in [1.54, 1.807) is 6.07 Å². The lowest BCUT2D eigenvalue weighted by Crippen LogP contribution is -2.29. The Hall–Kier alpha value is -1.93. The van der Waals surface area contributed by atoms with E-state index in [4.69, 9.17) is 5.14 Å². The van der Waals surface area contributed by atoms with Crippen LogP contribution in [0.3, 0.4) is 0 Å². The van der Waals surface area contributed by atoms with Gasteiger partial charge in [-0.2, -0.15) is 0 Å². The SMILES string of the molecule is CCCCC(CC)CNC(=O)CCc1nc2cc(S(N)(=O)=O)ccc2n1CCC. The molecular formula is C21H34N4O3S. The number of carbonyl (C=O) groups excluding carboxylic acids is 1. The Bertz CT molecular complexity index is 921. The highest BCUT2D eigenvalue weighted by Gasteiger charge is 2.16. The van der Waals surface area contributed by atoms with Crippen molar-refractivity contribution in [3.05, 3.63) is 24.0 Å². The van der Waals surface area contributed by atoms with Crippen molar-refractivity contribution in [1.29, 1.82) is 0 Å². The summed E-state index contributed by atoms with van der Waals surface area (Å²) in [4.78, 5) is 17.0. The van der Waals surface area contributed by atoms with E-state index in [1.807, 2.05) is 0 Å². The molecule has 8 heteroatoms. The minimum absolute atomic E-state index is 0.0280. The lowest BCUT2D eigenvalue weighted by molar-refractivity contribution is -0.121. The average Bonchev–Trinajstić information content (AvgIpc) is 3.03. The number of aromatic nitrogens is 2. The van der Waals surface area contributed by atoms with Crippen LogP contribution in [0.5, 0.6) is 0 Å². The number of nitrogens with one attached hydrogen (secondary N) is 1. The Morgan fingerprint density at radius 1 is 1.24 bits per heavy atom. The van der Waals surface area contributed by atoms with Crippen LogP contribution in [0, 0.1) is 5.92 Å². The van der Waals surface area contributed by atoms with Crippen LogP contribution < -0.4 is 10.5 Å². The first-order valence-electron chi connectivity index (χ1n) is 10.6. The molecule has 0 fully saturated rings. The van der Waals surface area contributed by atoms with Crippen LogP contribution in [0.4, 0.5) is 0 Å². The van der Waals surface area contributed by atoms with Crippen LogP contribution in [-0.2, 0) is 27.8 Å². The minimum atomic E-state index is -3.77. The second-order valence-electron chi connectivity index (χ2n) is 7.60. The number of nitrogens with two attached hydrogens (primary N) is 1. The van der Waals surface area contributed by atoms with Crippen molar-refractivity contribution >= 4 is 27.0 Å². The van der Waals surface area contributed by atoms with Gasteiger partial charge in [0.1, 0.15) is 5.82 Å². The summed E-state index contributed by atoms with van der Waals surface area (Å²) >= 11 is 0. The van der Waals surface area contributed by atoms with E-state index in [1.165, 1.54) is 25.0 Å². The normalized spacial score (nSPS) is 13.0. The number of benzene rings is 1. The molecule has 0 aliphatic rings. The zero-order valence-electron chi connectivity index (χ0n) is 17.8. The molecule has 0 bridgehead atoms. The number of fused-ring (bicyclic) bond motifs is 1. The zero-order chi connectivity index (χ0) is 21.4. The quantitative estimate of drug-likeness (QED) is 0.547. The number of primary sulfonamides is 1. The highest BCUT2D eigenvalue weighted by atomic mass is 32.2. The molecule has 2 aromatic rings. The van der Waals surface area contributed by atoms with Gasteiger partial charge in [-0.1, -0.05) is 40.0 Å². The first kappa shape index (κ1) is 23.3.